The van der Waals surface area contributed by atoms with Gasteiger partial charge in [-0.3, -0.25) is 4.72 Å². The molecule has 0 aliphatic heterocycles. The molecule has 1 aromatic heterocycles. The van der Waals surface area contributed by atoms with Crippen LogP contribution in [0, 0.1) is 0 Å². The zero-order valence-electron chi connectivity index (χ0n) is 8.40. The largest absolute Gasteiger partial charge is 0.465 e. The molecule has 0 radical (unpaired) electrons. The summed E-state index contributed by atoms with van der Waals surface area (Å²) in [5.41, 5.74) is 0.224. The van der Waals surface area contributed by atoms with Crippen LogP contribution in [0.1, 0.15) is 9.67 Å². The van der Waals surface area contributed by atoms with Crippen LogP contribution in [0.5, 0.6) is 0 Å². The first kappa shape index (κ1) is 13.3. The fourth-order valence-corrected chi connectivity index (χ4v) is 3.21. The Bertz CT molecular complexity index is 468. The summed E-state index contributed by atoms with van der Waals surface area (Å²) in [6.07, 6.45) is 0. The van der Waals surface area contributed by atoms with Gasteiger partial charge in [0.1, 0.15) is 4.88 Å². The van der Waals surface area contributed by atoms with E-state index < -0.39 is 16.0 Å². The summed E-state index contributed by atoms with van der Waals surface area (Å²) in [6, 6.07) is 1.50. The number of hydrogen-bond donors (Lipinski definition) is 1. The van der Waals surface area contributed by atoms with Gasteiger partial charge in [0.2, 0.25) is 10.0 Å². The number of nitrogens with one attached hydrogen (secondary N) is 1. The van der Waals surface area contributed by atoms with Gasteiger partial charge in [0.15, 0.2) is 0 Å². The number of halogens is 1. The van der Waals surface area contributed by atoms with E-state index in [0.29, 0.717) is 0 Å². The van der Waals surface area contributed by atoms with Gasteiger partial charge < -0.3 is 4.74 Å². The summed E-state index contributed by atoms with van der Waals surface area (Å²) in [5.74, 6) is -0.781. The minimum absolute atomic E-state index is 0.00692. The van der Waals surface area contributed by atoms with Crippen LogP contribution in [0.4, 0.5) is 5.69 Å². The Balaban J connectivity index is 2.90. The van der Waals surface area contributed by atoms with Gasteiger partial charge in [0.25, 0.3) is 0 Å². The lowest BCUT2D eigenvalue weighted by Crippen LogP contribution is -2.18. The molecule has 1 N–H and O–H groups in total. The third-order valence-corrected chi connectivity index (χ3v) is 4.23. The molecule has 1 rings (SSSR count). The number of methoxy groups -OCH3 is 1. The lowest BCUT2D eigenvalue weighted by Gasteiger charge is -2.06. The highest BCUT2D eigenvalue weighted by Gasteiger charge is 2.18. The molecular weight excluding hydrogens is 274 g/mol. The first-order valence-electron chi connectivity index (χ1n) is 4.22. The predicted octanol–water partition coefficient (Wildman–Crippen LogP) is 1.52. The maximum Gasteiger partial charge on any atom is 0.350 e. The van der Waals surface area contributed by atoms with E-state index in [9.17, 15) is 13.2 Å². The van der Waals surface area contributed by atoms with Crippen molar-refractivity contribution in [2.45, 2.75) is 0 Å². The highest BCUT2D eigenvalue weighted by molar-refractivity contribution is 7.92. The summed E-state index contributed by atoms with van der Waals surface area (Å²) in [7, 11) is -2.27. The average Bonchev–Trinajstić information content (AvgIpc) is 2.63. The van der Waals surface area contributed by atoms with Crippen LogP contribution in [0.3, 0.4) is 0 Å². The van der Waals surface area contributed by atoms with Crippen molar-refractivity contribution in [1.82, 2.24) is 0 Å². The average molecular weight is 284 g/mol. The number of hydrogen-bond acceptors (Lipinski definition) is 5. The second kappa shape index (κ2) is 5.51. The Morgan fingerprint density at radius 2 is 2.31 bits per heavy atom. The molecule has 0 amide bonds. The van der Waals surface area contributed by atoms with E-state index in [2.05, 4.69) is 9.46 Å². The van der Waals surface area contributed by atoms with E-state index in [4.69, 9.17) is 11.6 Å². The Hall–Kier alpha value is -0.790. The maximum absolute atomic E-state index is 11.4. The first-order chi connectivity index (χ1) is 7.50. The van der Waals surface area contributed by atoms with E-state index in [1.165, 1.54) is 13.2 Å². The molecule has 1 aromatic rings. The SMILES string of the molecule is COC(=O)c1sccc1NS(=O)(=O)CCCl. The minimum atomic E-state index is -3.50. The van der Waals surface area contributed by atoms with Crippen LogP contribution in [0.2, 0.25) is 0 Å². The molecule has 1 heterocycles. The van der Waals surface area contributed by atoms with Gasteiger partial charge >= 0.3 is 5.97 Å². The number of rotatable bonds is 5. The predicted molar refractivity (Wildman–Crippen MR) is 63.8 cm³/mol. The molecular formula is C8H10ClNO4S2. The number of carbonyl (C=O) groups is 1. The summed E-state index contributed by atoms with van der Waals surface area (Å²) >= 11 is 6.45. The maximum atomic E-state index is 11.4. The Morgan fingerprint density at radius 1 is 1.62 bits per heavy atom. The summed E-state index contributed by atoms with van der Waals surface area (Å²) in [4.78, 5) is 11.5. The van der Waals surface area contributed by atoms with E-state index in [1.54, 1.807) is 5.38 Å². The molecule has 8 heteroatoms. The number of anilines is 1. The summed E-state index contributed by atoms with van der Waals surface area (Å²) in [6.45, 7) is 0. The van der Waals surface area contributed by atoms with Crippen molar-refractivity contribution in [1.29, 1.82) is 0 Å². The van der Waals surface area contributed by atoms with Crippen molar-refractivity contribution >= 4 is 44.6 Å². The molecule has 0 saturated carbocycles. The lowest BCUT2D eigenvalue weighted by atomic mass is 10.4. The third-order valence-electron chi connectivity index (χ3n) is 1.65. The molecule has 90 valence electrons. The number of ether oxygens (including phenoxy) is 1. The number of thiophene rings is 1. The first-order valence-corrected chi connectivity index (χ1v) is 7.29. The number of esters is 1. The number of alkyl halides is 1. The van der Waals surface area contributed by atoms with Crippen LogP contribution in [-0.4, -0.2) is 33.1 Å². The molecule has 0 aliphatic carbocycles. The van der Waals surface area contributed by atoms with Gasteiger partial charge in [-0.25, -0.2) is 13.2 Å². The fourth-order valence-electron chi connectivity index (χ4n) is 0.961. The standard InChI is InChI=1S/C8H10ClNO4S2/c1-14-8(11)7-6(2-4-15-7)10-16(12,13)5-3-9/h2,4,10H,3,5H2,1H3. The van der Waals surface area contributed by atoms with Crippen LogP contribution in [-0.2, 0) is 14.8 Å². The highest BCUT2D eigenvalue weighted by atomic mass is 35.5. The lowest BCUT2D eigenvalue weighted by molar-refractivity contribution is 0.0607. The number of carbonyl (C=O) groups excluding carboxylic acids is 1. The van der Waals surface area contributed by atoms with Crippen molar-refractivity contribution in [2.75, 3.05) is 23.5 Å². The van der Waals surface area contributed by atoms with Gasteiger partial charge in [-0.15, -0.1) is 22.9 Å². The molecule has 0 aliphatic rings. The van der Waals surface area contributed by atoms with Gasteiger partial charge in [0.05, 0.1) is 18.6 Å². The van der Waals surface area contributed by atoms with E-state index in [1.807, 2.05) is 0 Å². The zero-order chi connectivity index (χ0) is 12.2. The smallest absolute Gasteiger partial charge is 0.350 e. The van der Waals surface area contributed by atoms with Crippen molar-refractivity contribution in [3.05, 3.63) is 16.3 Å². The normalized spacial score (nSPS) is 11.1. The Morgan fingerprint density at radius 3 is 2.88 bits per heavy atom. The molecule has 0 atom stereocenters. The fraction of sp³-hybridized carbons (Fsp3) is 0.375. The summed E-state index contributed by atoms with van der Waals surface area (Å²) in [5, 5.41) is 1.60. The van der Waals surface area contributed by atoms with Crippen LogP contribution in [0.15, 0.2) is 11.4 Å². The second-order valence-corrected chi connectivity index (χ2v) is 5.90. The number of sulfonamides is 1. The molecule has 0 bridgehead atoms. The zero-order valence-corrected chi connectivity index (χ0v) is 10.8. The topological polar surface area (TPSA) is 72.5 Å². The van der Waals surface area contributed by atoms with Crippen LogP contribution in [0.25, 0.3) is 0 Å². The van der Waals surface area contributed by atoms with E-state index >= 15 is 0 Å². The molecule has 0 unspecified atom stereocenters. The molecule has 0 spiro atoms. The summed E-state index contributed by atoms with van der Waals surface area (Å²) < 4.78 is 29.6. The van der Waals surface area contributed by atoms with Gasteiger partial charge in [-0.2, -0.15) is 0 Å². The monoisotopic (exact) mass is 283 g/mol. The third kappa shape index (κ3) is 3.36. The highest BCUT2D eigenvalue weighted by Crippen LogP contribution is 2.24. The van der Waals surface area contributed by atoms with Gasteiger partial charge in [-0.05, 0) is 11.4 Å². The van der Waals surface area contributed by atoms with Crippen LogP contribution >= 0.6 is 22.9 Å². The minimum Gasteiger partial charge on any atom is -0.465 e. The van der Waals surface area contributed by atoms with Crippen molar-refractivity contribution in [3.8, 4) is 0 Å². The van der Waals surface area contributed by atoms with E-state index in [0.717, 1.165) is 11.3 Å². The van der Waals surface area contributed by atoms with Crippen molar-refractivity contribution in [2.24, 2.45) is 0 Å². The Kier molecular flexibility index (Phi) is 4.57. The molecule has 0 fully saturated rings. The molecule has 16 heavy (non-hydrogen) atoms. The molecule has 5 nitrogen and oxygen atoms in total. The van der Waals surface area contributed by atoms with E-state index in [-0.39, 0.29) is 22.2 Å². The van der Waals surface area contributed by atoms with Gasteiger partial charge in [-0.1, -0.05) is 0 Å². The van der Waals surface area contributed by atoms with Crippen molar-refractivity contribution < 1.29 is 17.9 Å². The second-order valence-electron chi connectivity index (χ2n) is 2.76. The molecule has 0 aromatic carbocycles. The van der Waals surface area contributed by atoms with Crippen LogP contribution < -0.4 is 4.72 Å². The molecule has 0 saturated heterocycles. The van der Waals surface area contributed by atoms with Crippen molar-refractivity contribution in [3.63, 3.8) is 0 Å². The Labute approximate surface area is 102 Å². The quantitative estimate of drug-likeness (QED) is 0.657. The van der Waals surface area contributed by atoms with Gasteiger partial charge in [0, 0.05) is 5.88 Å².